The summed E-state index contributed by atoms with van der Waals surface area (Å²) in [6.07, 6.45) is 2.42. The molecular weight excluding hydrogens is 248 g/mol. The molecular formula is C13H12N2O4. The molecule has 0 amide bonds. The van der Waals surface area contributed by atoms with Crippen molar-refractivity contribution < 1.29 is 19.4 Å². The predicted octanol–water partition coefficient (Wildman–Crippen LogP) is 2.11. The SMILES string of the molecule is COCc1cccc(Oc2cnc(C(=O)O)cn2)c1. The zero-order valence-corrected chi connectivity index (χ0v) is 10.2. The Morgan fingerprint density at radius 2 is 2.16 bits per heavy atom. The lowest BCUT2D eigenvalue weighted by molar-refractivity contribution is 0.0690. The molecule has 0 aliphatic carbocycles. The van der Waals surface area contributed by atoms with Gasteiger partial charge in [-0.2, -0.15) is 0 Å². The highest BCUT2D eigenvalue weighted by atomic mass is 16.5. The molecule has 19 heavy (non-hydrogen) atoms. The highest BCUT2D eigenvalue weighted by molar-refractivity contribution is 5.84. The zero-order valence-electron chi connectivity index (χ0n) is 10.2. The lowest BCUT2D eigenvalue weighted by atomic mass is 10.2. The summed E-state index contributed by atoms with van der Waals surface area (Å²) in [5, 5.41) is 8.70. The van der Waals surface area contributed by atoms with Gasteiger partial charge in [-0.1, -0.05) is 12.1 Å². The lowest BCUT2D eigenvalue weighted by Crippen LogP contribution is -2.01. The van der Waals surface area contributed by atoms with Crippen LogP contribution >= 0.6 is 0 Å². The van der Waals surface area contributed by atoms with E-state index in [2.05, 4.69) is 9.97 Å². The van der Waals surface area contributed by atoms with Crippen LogP contribution in [0, 0.1) is 0 Å². The van der Waals surface area contributed by atoms with Crippen molar-refractivity contribution in [1.29, 1.82) is 0 Å². The van der Waals surface area contributed by atoms with Crippen molar-refractivity contribution in [2.45, 2.75) is 6.61 Å². The minimum absolute atomic E-state index is 0.125. The summed E-state index contributed by atoms with van der Waals surface area (Å²) in [7, 11) is 1.61. The Hall–Kier alpha value is -2.47. The first-order valence-corrected chi connectivity index (χ1v) is 5.50. The molecule has 1 aromatic carbocycles. The summed E-state index contributed by atoms with van der Waals surface area (Å²) < 4.78 is 10.5. The van der Waals surface area contributed by atoms with Crippen molar-refractivity contribution in [3.05, 3.63) is 47.9 Å². The number of hydrogen-bond donors (Lipinski definition) is 1. The van der Waals surface area contributed by atoms with Gasteiger partial charge < -0.3 is 14.6 Å². The fraction of sp³-hybridized carbons (Fsp3) is 0.154. The van der Waals surface area contributed by atoms with Crippen LogP contribution in [-0.4, -0.2) is 28.2 Å². The highest BCUT2D eigenvalue weighted by Crippen LogP contribution is 2.20. The predicted molar refractivity (Wildman–Crippen MR) is 66.2 cm³/mol. The molecule has 0 fully saturated rings. The number of aromatic carboxylic acids is 1. The van der Waals surface area contributed by atoms with Crippen LogP contribution in [0.25, 0.3) is 0 Å². The third-order valence-corrected chi connectivity index (χ3v) is 2.28. The second kappa shape index (κ2) is 5.92. The van der Waals surface area contributed by atoms with Crippen LogP contribution in [0.4, 0.5) is 0 Å². The largest absolute Gasteiger partial charge is 0.476 e. The number of carboxylic acids is 1. The van der Waals surface area contributed by atoms with E-state index < -0.39 is 5.97 Å². The summed E-state index contributed by atoms with van der Waals surface area (Å²) >= 11 is 0. The Bertz CT molecular complexity index is 569. The van der Waals surface area contributed by atoms with Gasteiger partial charge in [0, 0.05) is 7.11 Å². The third kappa shape index (κ3) is 3.49. The van der Waals surface area contributed by atoms with Gasteiger partial charge in [0.15, 0.2) is 5.69 Å². The summed E-state index contributed by atoms with van der Waals surface area (Å²) in [5.74, 6) is -0.298. The number of nitrogens with zero attached hydrogens (tertiary/aromatic N) is 2. The second-order valence-electron chi connectivity index (χ2n) is 3.73. The number of ether oxygens (including phenoxy) is 2. The maximum atomic E-state index is 10.6. The van der Waals surface area contributed by atoms with E-state index in [0.29, 0.717) is 12.4 Å². The molecule has 2 rings (SSSR count). The molecule has 0 unspecified atom stereocenters. The molecule has 0 aliphatic rings. The summed E-state index contributed by atoms with van der Waals surface area (Å²) in [6, 6.07) is 7.33. The molecule has 2 aromatic rings. The first kappa shape index (κ1) is 13.0. The van der Waals surface area contributed by atoms with Gasteiger partial charge in [-0.05, 0) is 17.7 Å². The van der Waals surface area contributed by atoms with Crippen LogP contribution in [0.5, 0.6) is 11.6 Å². The summed E-state index contributed by atoms with van der Waals surface area (Å²) in [6.45, 7) is 0.487. The maximum Gasteiger partial charge on any atom is 0.356 e. The van der Waals surface area contributed by atoms with Crippen molar-refractivity contribution in [2.75, 3.05) is 7.11 Å². The first-order valence-electron chi connectivity index (χ1n) is 5.50. The quantitative estimate of drug-likeness (QED) is 0.886. The number of hydrogen-bond acceptors (Lipinski definition) is 5. The van der Waals surface area contributed by atoms with Gasteiger partial charge in [0.1, 0.15) is 5.75 Å². The molecule has 1 N–H and O–H groups in total. The minimum atomic E-state index is -1.12. The number of carbonyl (C=O) groups is 1. The number of benzene rings is 1. The Labute approximate surface area is 109 Å². The smallest absolute Gasteiger partial charge is 0.356 e. The number of methoxy groups -OCH3 is 1. The Kier molecular flexibility index (Phi) is 4.04. The summed E-state index contributed by atoms with van der Waals surface area (Å²) in [5.41, 5.74) is 0.843. The van der Waals surface area contributed by atoms with E-state index in [-0.39, 0.29) is 11.6 Å². The molecule has 1 heterocycles. The average molecular weight is 260 g/mol. The molecule has 1 aromatic heterocycles. The van der Waals surface area contributed by atoms with Gasteiger partial charge in [0.2, 0.25) is 5.88 Å². The highest BCUT2D eigenvalue weighted by Gasteiger charge is 2.06. The van der Waals surface area contributed by atoms with Gasteiger partial charge >= 0.3 is 5.97 Å². The normalized spacial score (nSPS) is 10.2. The van der Waals surface area contributed by atoms with Gasteiger partial charge in [-0.25, -0.2) is 14.8 Å². The van der Waals surface area contributed by atoms with Crippen LogP contribution in [0.15, 0.2) is 36.7 Å². The fourth-order valence-corrected chi connectivity index (χ4v) is 1.47. The number of rotatable bonds is 5. The zero-order chi connectivity index (χ0) is 13.7. The van der Waals surface area contributed by atoms with E-state index in [1.165, 1.54) is 6.20 Å². The molecule has 0 aliphatic heterocycles. The van der Waals surface area contributed by atoms with Crippen molar-refractivity contribution in [3.8, 4) is 11.6 Å². The van der Waals surface area contributed by atoms with E-state index in [9.17, 15) is 4.79 Å². The Morgan fingerprint density at radius 3 is 2.79 bits per heavy atom. The van der Waals surface area contributed by atoms with E-state index in [0.717, 1.165) is 11.8 Å². The lowest BCUT2D eigenvalue weighted by Gasteiger charge is -2.06. The monoisotopic (exact) mass is 260 g/mol. The van der Waals surface area contributed by atoms with Gasteiger partial charge in [-0.15, -0.1) is 0 Å². The Balaban J connectivity index is 2.12. The molecule has 0 spiro atoms. The molecule has 98 valence electrons. The van der Waals surface area contributed by atoms with Gasteiger partial charge in [-0.3, -0.25) is 0 Å². The van der Waals surface area contributed by atoms with Crippen LogP contribution in [0.1, 0.15) is 16.1 Å². The molecule has 0 atom stereocenters. The van der Waals surface area contributed by atoms with Crippen molar-refractivity contribution in [2.24, 2.45) is 0 Å². The maximum absolute atomic E-state index is 10.6. The van der Waals surface area contributed by atoms with Gasteiger partial charge in [0.05, 0.1) is 19.0 Å². The van der Waals surface area contributed by atoms with E-state index >= 15 is 0 Å². The van der Waals surface area contributed by atoms with Crippen molar-refractivity contribution in [3.63, 3.8) is 0 Å². The van der Waals surface area contributed by atoms with E-state index in [1.807, 2.05) is 18.2 Å². The third-order valence-electron chi connectivity index (χ3n) is 2.28. The van der Waals surface area contributed by atoms with E-state index in [4.69, 9.17) is 14.6 Å². The van der Waals surface area contributed by atoms with Crippen LogP contribution in [-0.2, 0) is 11.3 Å². The van der Waals surface area contributed by atoms with Crippen molar-refractivity contribution in [1.82, 2.24) is 9.97 Å². The second-order valence-corrected chi connectivity index (χ2v) is 3.73. The molecule has 0 saturated heterocycles. The van der Waals surface area contributed by atoms with Crippen LogP contribution in [0.3, 0.4) is 0 Å². The van der Waals surface area contributed by atoms with Crippen LogP contribution < -0.4 is 4.74 Å². The van der Waals surface area contributed by atoms with Gasteiger partial charge in [0.25, 0.3) is 0 Å². The molecule has 0 saturated carbocycles. The first-order chi connectivity index (χ1) is 9.19. The average Bonchev–Trinajstić information content (AvgIpc) is 2.40. The molecule has 0 radical (unpaired) electrons. The Morgan fingerprint density at radius 1 is 1.32 bits per heavy atom. The van der Waals surface area contributed by atoms with E-state index in [1.54, 1.807) is 13.2 Å². The van der Waals surface area contributed by atoms with Crippen LogP contribution in [0.2, 0.25) is 0 Å². The topological polar surface area (TPSA) is 81.5 Å². The van der Waals surface area contributed by atoms with Crippen molar-refractivity contribution >= 4 is 5.97 Å². The molecule has 6 heteroatoms. The molecule has 6 nitrogen and oxygen atoms in total. The molecule has 0 bridgehead atoms. The standard InChI is InChI=1S/C13H12N2O4/c1-18-8-9-3-2-4-10(5-9)19-12-7-14-11(6-15-12)13(16)17/h2-7H,8H2,1H3,(H,16,17). The fourth-order valence-electron chi connectivity index (χ4n) is 1.47. The summed E-state index contributed by atoms with van der Waals surface area (Å²) in [4.78, 5) is 18.2. The number of aromatic nitrogens is 2. The number of carboxylic acid groups (broad SMARTS) is 1. The minimum Gasteiger partial charge on any atom is -0.476 e.